The van der Waals surface area contributed by atoms with Crippen molar-refractivity contribution in [3.8, 4) is 61.3 Å². The van der Waals surface area contributed by atoms with Crippen LogP contribution in [-0.2, 0) is 0 Å². The average molecular weight is 881 g/mol. The summed E-state index contributed by atoms with van der Waals surface area (Å²) < 4.78 is 8.65. The van der Waals surface area contributed by atoms with E-state index in [0.29, 0.717) is 0 Å². The van der Waals surface area contributed by atoms with Gasteiger partial charge in [0.15, 0.2) is 0 Å². The molecule has 13 aromatic rings. The van der Waals surface area contributed by atoms with Crippen LogP contribution in [0.3, 0.4) is 0 Å². The molecule has 0 unspecified atom stereocenters. The lowest BCUT2D eigenvalue weighted by Crippen LogP contribution is -2.09. The van der Waals surface area contributed by atoms with Gasteiger partial charge >= 0.3 is 0 Å². The largest absolute Gasteiger partial charge is 0.456 e. The molecule has 0 radical (unpaired) electrons. The van der Waals surface area contributed by atoms with Gasteiger partial charge < -0.3 is 13.9 Å². The van der Waals surface area contributed by atoms with Gasteiger partial charge in [0, 0.05) is 44.3 Å². The molecule has 0 aliphatic carbocycles. The minimum Gasteiger partial charge on any atom is -0.456 e. The fourth-order valence-corrected chi connectivity index (χ4v) is 10.2. The lowest BCUT2D eigenvalue weighted by atomic mass is 9.98. The van der Waals surface area contributed by atoms with Gasteiger partial charge in [-0.05, 0) is 141 Å². The third kappa shape index (κ3) is 7.34. The Kier molecular flexibility index (Phi) is 9.84. The molecule has 0 saturated heterocycles. The van der Waals surface area contributed by atoms with Gasteiger partial charge in [-0.2, -0.15) is 0 Å². The second-order valence-corrected chi connectivity index (χ2v) is 17.7. The molecule has 0 N–H and O–H groups in total. The predicted molar refractivity (Wildman–Crippen MR) is 290 cm³/mol. The van der Waals surface area contributed by atoms with E-state index in [1.165, 1.54) is 60.8 Å². The summed E-state index contributed by atoms with van der Waals surface area (Å²) in [5, 5.41) is 4.80. The highest BCUT2D eigenvalue weighted by molar-refractivity contribution is 6.09. The smallest absolute Gasteiger partial charge is 0.136 e. The number of para-hydroxylation sites is 3. The summed E-state index contributed by atoms with van der Waals surface area (Å²) in [4.78, 5) is 2.34. The molecule has 2 heterocycles. The van der Waals surface area contributed by atoms with E-state index in [-0.39, 0.29) is 0 Å². The normalized spacial score (nSPS) is 11.5. The maximum absolute atomic E-state index is 6.27. The Morgan fingerprint density at radius 1 is 0.246 bits per heavy atom. The van der Waals surface area contributed by atoms with Crippen LogP contribution in [0.15, 0.2) is 271 Å². The summed E-state index contributed by atoms with van der Waals surface area (Å²) in [6.45, 7) is 0. The molecule has 0 spiro atoms. The molecule has 13 rings (SSSR count). The lowest BCUT2D eigenvalue weighted by Gasteiger charge is -2.26. The molecule has 0 aliphatic rings. The predicted octanol–water partition coefficient (Wildman–Crippen LogP) is 18.5. The van der Waals surface area contributed by atoms with Crippen LogP contribution in [0.5, 0.6) is 0 Å². The van der Waals surface area contributed by atoms with Gasteiger partial charge in [0.2, 0.25) is 0 Å². The van der Waals surface area contributed by atoms with Crippen LogP contribution in [0.4, 0.5) is 17.1 Å². The van der Waals surface area contributed by atoms with Crippen molar-refractivity contribution >= 4 is 60.8 Å². The molecular weight excluding hydrogens is 837 g/mol. The van der Waals surface area contributed by atoms with Gasteiger partial charge in [-0.1, -0.05) is 182 Å². The molecule has 0 aliphatic heterocycles. The molecule has 3 nitrogen and oxygen atoms in total. The zero-order valence-corrected chi connectivity index (χ0v) is 37.7. The Bertz CT molecular complexity index is 3920. The van der Waals surface area contributed by atoms with Gasteiger partial charge in [-0.15, -0.1) is 0 Å². The van der Waals surface area contributed by atoms with Gasteiger partial charge in [-0.25, -0.2) is 0 Å². The van der Waals surface area contributed by atoms with Gasteiger partial charge in [0.1, 0.15) is 11.2 Å². The molecule has 3 heteroatoms. The number of hydrogen-bond acceptors (Lipinski definition) is 2. The Labute approximate surface area is 401 Å². The highest BCUT2D eigenvalue weighted by Gasteiger charge is 2.16. The first-order chi connectivity index (χ1) is 34.2. The third-order valence-corrected chi connectivity index (χ3v) is 13.6. The highest BCUT2D eigenvalue weighted by Crippen LogP contribution is 2.40. The highest BCUT2D eigenvalue weighted by atomic mass is 16.3. The number of hydrogen-bond donors (Lipinski definition) is 0. The molecule has 324 valence electrons. The Morgan fingerprint density at radius 2 is 0.623 bits per heavy atom. The molecule has 11 aromatic carbocycles. The van der Waals surface area contributed by atoms with E-state index >= 15 is 0 Å². The zero-order valence-electron chi connectivity index (χ0n) is 37.7. The van der Waals surface area contributed by atoms with Crippen LogP contribution in [0.2, 0.25) is 0 Å². The minimum absolute atomic E-state index is 0.896. The summed E-state index contributed by atoms with van der Waals surface area (Å²) >= 11 is 0. The summed E-state index contributed by atoms with van der Waals surface area (Å²) in [5.41, 5.74) is 20.3. The van der Waals surface area contributed by atoms with Gasteiger partial charge in [-0.3, -0.25) is 0 Å². The number of nitrogens with zero attached hydrogens (tertiary/aromatic N) is 2. The van der Waals surface area contributed by atoms with E-state index in [2.05, 4.69) is 264 Å². The van der Waals surface area contributed by atoms with Crippen molar-refractivity contribution in [2.24, 2.45) is 0 Å². The third-order valence-electron chi connectivity index (χ3n) is 13.6. The number of rotatable bonds is 9. The second kappa shape index (κ2) is 16.9. The van der Waals surface area contributed by atoms with Gasteiger partial charge in [0.25, 0.3) is 0 Å². The van der Waals surface area contributed by atoms with Crippen molar-refractivity contribution in [3.05, 3.63) is 267 Å². The summed E-state index contributed by atoms with van der Waals surface area (Å²) in [6, 6.07) is 96.1. The standard InChI is InChI=1S/C66H44N2O/c1-2-12-45(13-3-1)46-24-26-47(27-25-46)48-28-35-55(36-29-48)67(57-39-32-50(33-40-57)54-34-41-62-61-20-6-9-23-65(61)69-66(62)44-54)56-37-30-49(31-38-56)51-14-10-15-52(42-51)53-16-11-17-58(43-53)68-63-21-7-4-18-59(63)60-19-5-8-22-64(60)68/h1-44H. The molecule has 0 bridgehead atoms. The Balaban J connectivity index is 0.830. The van der Waals surface area contributed by atoms with E-state index in [4.69, 9.17) is 4.42 Å². The van der Waals surface area contributed by atoms with Crippen molar-refractivity contribution in [1.29, 1.82) is 0 Å². The fourth-order valence-electron chi connectivity index (χ4n) is 10.2. The number of furan rings is 1. The number of fused-ring (bicyclic) bond motifs is 6. The van der Waals surface area contributed by atoms with Crippen LogP contribution < -0.4 is 4.90 Å². The molecule has 0 atom stereocenters. The van der Waals surface area contributed by atoms with Crippen molar-refractivity contribution in [2.75, 3.05) is 4.90 Å². The van der Waals surface area contributed by atoms with Crippen LogP contribution in [0.25, 0.3) is 105 Å². The van der Waals surface area contributed by atoms with Crippen LogP contribution in [0.1, 0.15) is 0 Å². The SMILES string of the molecule is c1ccc(-c2ccc(-c3ccc(N(c4ccc(-c5cccc(-c6cccc(-n7c8ccccc8c8ccccc87)c6)c5)cc4)c4ccc(-c5ccc6c(c5)oc5ccccc56)cc4)cc3)cc2)cc1. The van der Waals surface area contributed by atoms with E-state index in [9.17, 15) is 0 Å². The second-order valence-electron chi connectivity index (χ2n) is 17.7. The molecular formula is C66H44N2O. The zero-order chi connectivity index (χ0) is 45.7. The topological polar surface area (TPSA) is 21.3 Å². The monoisotopic (exact) mass is 880 g/mol. The summed E-state index contributed by atoms with van der Waals surface area (Å²) in [7, 11) is 0. The van der Waals surface area contributed by atoms with E-state index in [1.807, 2.05) is 12.1 Å². The summed E-state index contributed by atoms with van der Waals surface area (Å²) in [6.07, 6.45) is 0. The van der Waals surface area contributed by atoms with Crippen molar-refractivity contribution < 1.29 is 4.42 Å². The van der Waals surface area contributed by atoms with Crippen LogP contribution >= 0.6 is 0 Å². The first-order valence-electron chi connectivity index (χ1n) is 23.6. The minimum atomic E-state index is 0.896. The summed E-state index contributed by atoms with van der Waals surface area (Å²) in [5.74, 6) is 0. The molecule has 0 amide bonds. The maximum Gasteiger partial charge on any atom is 0.136 e. The van der Waals surface area contributed by atoms with Crippen LogP contribution in [-0.4, -0.2) is 4.57 Å². The van der Waals surface area contributed by atoms with Crippen molar-refractivity contribution in [2.45, 2.75) is 0 Å². The lowest BCUT2D eigenvalue weighted by molar-refractivity contribution is 0.669. The van der Waals surface area contributed by atoms with Gasteiger partial charge in [0.05, 0.1) is 11.0 Å². The number of aromatic nitrogens is 1. The molecule has 0 fully saturated rings. The van der Waals surface area contributed by atoms with Crippen molar-refractivity contribution in [1.82, 2.24) is 4.57 Å². The molecule has 69 heavy (non-hydrogen) atoms. The Hall–Kier alpha value is -9.18. The quantitative estimate of drug-likeness (QED) is 0.144. The van der Waals surface area contributed by atoms with E-state index in [1.54, 1.807) is 0 Å². The Morgan fingerprint density at radius 3 is 1.20 bits per heavy atom. The first-order valence-corrected chi connectivity index (χ1v) is 23.6. The van der Waals surface area contributed by atoms with E-state index < -0.39 is 0 Å². The maximum atomic E-state index is 6.27. The van der Waals surface area contributed by atoms with Crippen molar-refractivity contribution in [3.63, 3.8) is 0 Å². The fraction of sp³-hybridized carbons (Fsp3) is 0. The number of benzene rings is 11. The number of anilines is 3. The van der Waals surface area contributed by atoms with E-state index in [0.717, 1.165) is 61.4 Å². The molecule has 0 saturated carbocycles. The van der Waals surface area contributed by atoms with Crippen LogP contribution in [0, 0.1) is 0 Å². The first kappa shape index (κ1) is 40.1. The average Bonchev–Trinajstić information content (AvgIpc) is 3.97. The molecule has 2 aromatic heterocycles.